The van der Waals surface area contributed by atoms with Gasteiger partial charge in [0.2, 0.25) is 15.9 Å². The molecule has 1 aliphatic heterocycles. The fourth-order valence-corrected chi connectivity index (χ4v) is 4.10. The zero-order chi connectivity index (χ0) is 21.0. The van der Waals surface area contributed by atoms with E-state index in [-0.39, 0.29) is 18.1 Å². The first-order chi connectivity index (χ1) is 13.8. The van der Waals surface area contributed by atoms with Gasteiger partial charge in [-0.3, -0.25) is 9.10 Å². The van der Waals surface area contributed by atoms with E-state index in [0.29, 0.717) is 26.2 Å². The molecule has 0 radical (unpaired) electrons. The summed E-state index contributed by atoms with van der Waals surface area (Å²) in [6, 6.07) is 12.9. The smallest absolute Gasteiger partial charge is 0.243 e. The summed E-state index contributed by atoms with van der Waals surface area (Å²) in [6.07, 6.45) is 1.01. The topological polar surface area (TPSA) is 70.2 Å². The minimum absolute atomic E-state index is 0.137. The Balaban J connectivity index is 1.64. The molecule has 2 aromatic carbocycles. The molecule has 0 atom stereocenters. The van der Waals surface area contributed by atoms with Crippen LogP contribution in [0.3, 0.4) is 0 Å². The highest BCUT2D eigenvalue weighted by Crippen LogP contribution is 2.22. The van der Waals surface area contributed by atoms with Crippen LogP contribution in [-0.2, 0) is 14.8 Å². The van der Waals surface area contributed by atoms with Crippen LogP contribution in [0.5, 0.6) is 5.75 Å². The Morgan fingerprint density at radius 1 is 1.10 bits per heavy atom. The summed E-state index contributed by atoms with van der Waals surface area (Å²) in [7, 11) is -2.12. The molecule has 0 spiro atoms. The molecule has 0 saturated carbocycles. The van der Waals surface area contributed by atoms with Crippen LogP contribution in [0.25, 0.3) is 0 Å². The van der Waals surface area contributed by atoms with Crippen LogP contribution in [0.15, 0.2) is 48.5 Å². The third-order valence-electron chi connectivity index (χ3n) is 4.85. The molecule has 2 aromatic rings. The Bertz CT molecular complexity index is 958. The molecule has 0 bridgehead atoms. The largest absolute Gasteiger partial charge is 0.497 e. The van der Waals surface area contributed by atoms with Crippen molar-refractivity contribution in [1.82, 2.24) is 4.90 Å². The summed E-state index contributed by atoms with van der Waals surface area (Å²) in [4.78, 5) is 16.5. The van der Waals surface area contributed by atoms with Crippen molar-refractivity contribution >= 4 is 27.3 Å². The summed E-state index contributed by atoms with van der Waals surface area (Å²) in [6.45, 7) is 1.87. The van der Waals surface area contributed by atoms with Gasteiger partial charge < -0.3 is 14.5 Å². The second-order valence-corrected chi connectivity index (χ2v) is 8.72. The number of ether oxygens (including phenoxy) is 1. The van der Waals surface area contributed by atoms with E-state index in [0.717, 1.165) is 28.1 Å². The second kappa shape index (κ2) is 8.69. The summed E-state index contributed by atoms with van der Waals surface area (Å²) in [5.41, 5.74) is 1.17. The van der Waals surface area contributed by atoms with E-state index in [9.17, 15) is 17.6 Å². The summed E-state index contributed by atoms with van der Waals surface area (Å²) in [5, 5.41) is 0. The normalized spacial score (nSPS) is 14.6. The van der Waals surface area contributed by atoms with E-state index in [4.69, 9.17) is 4.74 Å². The van der Waals surface area contributed by atoms with Crippen molar-refractivity contribution in [3.05, 3.63) is 54.3 Å². The van der Waals surface area contributed by atoms with Crippen LogP contribution >= 0.6 is 0 Å². The first-order valence-corrected chi connectivity index (χ1v) is 11.0. The third kappa shape index (κ3) is 5.17. The highest BCUT2D eigenvalue weighted by atomic mass is 32.2. The molecule has 0 N–H and O–H groups in total. The first-order valence-electron chi connectivity index (χ1n) is 9.18. The standard InChI is InChI=1S/C20H24FN3O4S/c1-28-19-8-6-17(7-9-19)22-10-12-23(13-11-22)20(25)15-24(29(2,26)27)18-5-3-4-16(21)14-18/h3-9,14H,10-13,15H2,1-2H3. The average Bonchev–Trinajstić information content (AvgIpc) is 2.71. The Labute approximate surface area is 170 Å². The van der Waals surface area contributed by atoms with Crippen molar-refractivity contribution < 1.29 is 22.3 Å². The number of halogens is 1. The number of sulfonamides is 1. The average molecular weight is 421 g/mol. The van der Waals surface area contributed by atoms with E-state index in [1.807, 2.05) is 24.3 Å². The van der Waals surface area contributed by atoms with Gasteiger partial charge in [0, 0.05) is 31.9 Å². The molecule has 0 aliphatic carbocycles. The molecule has 1 aliphatic rings. The van der Waals surface area contributed by atoms with Gasteiger partial charge >= 0.3 is 0 Å². The van der Waals surface area contributed by atoms with Crippen molar-refractivity contribution in [2.24, 2.45) is 0 Å². The maximum atomic E-state index is 13.5. The number of carbonyl (C=O) groups is 1. The van der Waals surface area contributed by atoms with Gasteiger partial charge in [-0.05, 0) is 42.5 Å². The summed E-state index contributed by atoms with van der Waals surface area (Å²) < 4.78 is 44.0. The zero-order valence-electron chi connectivity index (χ0n) is 16.4. The Kier molecular flexibility index (Phi) is 6.26. The lowest BCUT2D eigenvalue weighted by molar-refractivity contribution is -0.129. The molecule has 0 unspecified atom stereocenters. The molecular formula is C20H24FN3O4S. The number of methoxy groups -OCH3 is 1. The minimum atomic E-state index is -3.73. The molecule has 9 heteroatoms. The van der Waals surface area contributed by atoms with Crippen LogP contribution in [0.2, 0.25) is 0 Å². The summed E-state index contributed by atoms with van der Waals surface area (Å²) in [5.74, 6) is -0.0912. The van der Waals surface area contributed by atoms with Gasteiger partial charge in [0.1, 0.15) is 18.1 Å². The van der Waals surface area contributed by atoms with Gasteiger partial charge in [0.05, 0.1) is 19.1 Å². The lowest BCUT2D eigenvalue weighted by Gasteiger charge is -2.37. The van der Waals surface area contributed by atoms with Crippen molar-refractivity contribution in [2.75, 3.05) is 55.3 Å². The highest BCUT2D eigenvalue weighted by Gasteiger charge is 2.27. The molecule has 1 fully saturated rings. The third-order valence-corrected chi connectivity index (χ3v) is 5.99. The quantitative estimate of drug-likeness (QED) is 0.713. The number of benzene rings is 2. The van der Waals surface area contributed by atoms with Crippen molar-refractivity contribution in [3.63, 3.8) is 0 Å². The monoisotopic (exact) mass is 421 g/mol. The Hall–Kier alpha value is -2.81. The van der Waals surface area contributed by atoms with Crippen LogP contribution in [0, 0.1) is 5.82 Å². The predicted molar refractivity (Wildman–Crippen MR) is 110 cm³/mol. The van der Waals surface area contributed by atoms with Crippen LogP contribution in [-0.4, -0.2) is 65.3 Å². The number of rotatable bonds is 6. The number of piperazine rings is 1. The molecule has 1 amide bonds. The molecule has 1 heterocycles. The van der Waals surface area contributed by atoms with E-state index in [2.05, 4.69) is 4.90 Å². The second-order valence-electron chi connectivity index (χ2n) is 6.82. The highest BCUT2D eigenvalue weighted by molar-refractivity contribution is 7.92. The van der Waals surface area contributed by atoms with Crippen LogP contribution in [0.1, 0.15) is 0 Å². The Morgan fingerprint density at radius 2 is 1.76 bits per heavy atom. The first kappa shape index (κ1) is 20.9. The maximum absolute atomic E-state index is 13.5. The number of amides is 1. The number of anilines is 2. The molecule has 3 rings (SSSR count). The maximum Gasteiger partial charge on any atom is 0.243 e. The SMILES string of the molecule is COc1ccc(N2CCN(C(=O)CN(c3cccc(F)c3)S(C)(=O)=O)CC2)cc1. The molecule has 29 heavy (non-hydrogen) atoms. The number of carbonyl (C=O) groups excluding carboxylic acids is 1. The molecular weight excluding hydrogens is 397 g/mol. The number of hydrogen-bond donors (Lipinski definition) is 0. The molecule has 7 nitrogen and oxygen atoms in total. The van der Waals surface area contributed by atoms with Gasteiger partial charge in [0.15, 0.2) is 0 Å². The van der Waals surface area contributed by atoms with Gasteiger partial charge in [-0.25, -0.2) is 12.8 Å². The molecule has 0 aromatic heterocycles. The van der Waals surface area contributed by atoms with E-state index in [1.54, 1.807) is 12.0 Å². The summed E-state index contributed by atoms with van der Waals surface area (Å²) >= 11 is 0. The van der Waals surface area contributed by atoms with Crippen LogP contribution < -0.4 is 13.9 Å². The van der Waals surface area contributed by atoms with Crippen LogP contribution in [0.4, 0.5) is 15.8 Å². The van der Waals surface area contributed by atoms with Gasteiger partial charge in [0.25, 0.3) is 0 Å². The van der Waals surface area contributed by atoms with Gasteiger partial charge in [-0.1, -0.05) is 6.07 Å². The van der Waals surface area contributed by atoms with E-state index in [1.165, 1.54) is 18.2 Å². The Morgan fingerprint density at radius 3 is 2.31 bits per heavy atom. The van der Waals surface area contributed by atoms with Crippen molar-refractivity contribution in [2.45, 2.75) is 0 Å². The fourth-order valence-electron chi connectivity index (χ4n) is 3.26. The minimum Gasteiger partial charge on any atom is -0.497 e. The number of nitrogens with zero attached hydrogens (tertiary/aromatic N) is 3. The fraction of sp³-hybridized carbons (Fsp3) is 0.350. The van der Waals surface area contributed by atoms with E-state index >= 15 is 0 Å². The zero-order valence-corrected chi connectivity index (χ0v) is 17.2. The van der Waals surface area contributed by atoms with Crippen molar-refractivity contribution in [1.29, 1.82) is 0 Å². The van der Waals surface area contributed by atoms with E-state index < -0.39 is 15.8 Å². The molecule has 156 valence electrons. The lowest BCUT2D eigenvalue weighted by Crippen LogP contribution is -2.52. The lowest BCUT2D eigenvalue weighted by atomic mass is 10.2. The van der Waals surface area contributed by atoms with Gasteiger partial charge in [-0.15, -0.1) is 0 Å². The van der Waals surface area contributed by atoms with Gasteiger partial charge in [-0.2, -0.15) is 0 Å². The predicted octanol–water partition coefficient (Wildman–Crippen LogP) is 1.95. The number of hydrogen-bond acceptors (Lipinski definition) is 5. The molecule has 1 saturated heterocycles. The van der Waals surface area contributed by atoms with Crippen molar-refractivity contribution in [3.8, 4) is 5.75 Å².